The van der Waals surface area contributed by atoms with Crippen LogP contribution < -0.4 is 0 Å². The van der Waals surface area contributed by atoms with E-state index in [1.54, 1.807) is 0 Å². The highest BCUT2D eigenvalue weighted by Crippen LogP contribution is 2.39. The normalized spacial score (nSPS) is 20.6. The molecule has 0 aliphatic carbocycles. The Bertz CT molecular complexity index is 5210. The van der Waals surface area contributed by atoms with Gasteiger partial charge in [0.15, 0.2) is 0 Å². The van der Waals surface area contributed by atoms with Gasteiger partial charge in [-0.3, -0.25) is 0 Å². The molecule has 0 fully saturated rings. The Kier molecular flexibility index (Phi) is 2.89. The molecule has 0 atom stereocenters. The molecule has 0 saturated carbocycles. The van der Waals surface area contributed by atoms with Gasteiger partial charge in [0.1, 0.15) is 0 Å². The summed E-state index contributed by atoms with van der Waals surface area (Å²) in [6.07, 6.45) is 0. The molecule has 0 spiro atoms. The zero-order chi connectivity index (χ0) is 68.3. The molecule has 0 N–H and O–H groups in total. The van der Waals surface area contributed by atoms with Crippen molar-refractivity contribution in [3.05, 3.63) is 218 Å². The van der Waals surface area contributed by atoms with Crippen molar-refractivity contribution in [3.63, 3.8) is 0 Å². The van der Waals surface area contributed by atoms with Gasteiger partial charge in [0.2, 0.25) is 0 Å². The predicted molar refractivity (Wildman–Crippen MR) is 237 cm³/mol. The molecule has 56 heavy (non-hydrogen) atoms. The van der Waals surface area contributed by atoms with E-state index in [1.807, 2.05) is 0 Å². The second kappa shape index (κ2) is 13.2. The SMILES string of the molecule is [2H]c1c([2H])c([2H])c(-c2c([2H])c([2H])c(-c3c([2H])c([2H])c(-n4c5c([2H])c([2H])c([2H])c([2H])c5c5c([2H])c(-c6c([2H])c([2H])c7c(c6[2H])c6c([2H])c([2H])c([2H])c([2H])c6n7-c6c([2H])c([2H])c(-c7c([2H])c([2H])c([2H])c([2H])c7[2H])c([2H])c6[2H])c([2H])c([2H])c54)c([2H])c3[2H])c([2H])c2[2H])c([2H])c1[2H]. The minimum atomic E-state index is -1.15. The summed E-state index contributed by atoms with van der Waals surface area (Å²) >= 11 is 0. The molecule has 2 aromatic heterocycles. The monoisotopic (exact) mass is 749 g/mol. The third kappa shape index (κ3) is 5.34. The van der Waals surface area contributed by atoms with E-state index in [-0.39, 0.29) is 0 Å². The van der Waals surface area contributed by atoms with Crippen LogP contribution >= 0.6 is 0 Å². The highest BCUT2D eigenvalue weighted by atomic mass is 15.0. The van der Waals surface area contributed by atoms with E-state index in [2.05, 4.69) is 0 Å². The maximum absolute atomic E-state index is 9.93. The minimum absolute atomic E-state index is 0.624. The molecule has 9 aromatic carbocycles. The van der Waals surface area contributed by atoms with E-state index in [0.29, 0.717) is 9.13 Å². The van der Waals surface area contributed by atoms with E-state index in [1.165, 1.54) is 0 Å². The molecule has 2 nitrogen and oxygen atoms in total. The molecule has 0 unspecified atom stereocenters. The quantitative estimate of drug-likeness (QED) is 0.160. The Hall–Kier alpha value is -7.42. The standard InChI is InChI=1S/C54H36N2/c1-3-11-37(12-4-1)39-19-21-40(22-20-39)42-25-31-46(32-26-42)56-52-18-10-8-16-48(52)50-36-44(28-34-54(50)56)43-27-33-53-49(35-43)47-15-7-9-17-51(47)55(53)45-29-23-41(24-30-45)38-13-5-2-6-14-38/h1-36H/i1D,2D,3D,4D,5D,6D,7D,8D,9D,10D,11D,12D,13D,14D,15D,16D,17D,18D,19D,20D,21D,22D,23D,24D,25D,26D,27D,28D,29D,30D,31D,32D,33D,34D,35D,36D. The van der Waals surface area contributed by atoms with Crippen LogP contribution in [-0.2, 0) is 0 Å². The lowest BCUT2D eigenvalue weighted by Crippen LogP contribution is -1.94. The maximum Gasteiger partial charge on any atom is 0.0645 e. The molecule has 0 saturated heterocycles. The van der Waals surface area contributed by atoms with Crippen molar-refractivity contribution >= 4 is 43.6 Å². The van der Waals surface area contributed by atoms with Gasteiger partial charge in [-0.2, -0.15) is 0 Å². The predicted octanol–water partition coefficient (Wildman–Crippen LogP) is 14.5. The van der Waals surface area contributed by atoms with Gasteiger partial charge in [-0.05, 0) is 105 Å². The van der Waals surface area contributed by atoms with Crippen LogP contribution in [0.3, 0.4) is 0 Å². The summed E-state index contributed by atoms with van der Waals surface area (Å²) in [5, 5.41) is -2.80. The Morgan fingerprint density at radius 2 is 0.518 bits per heavy atom. The number of hydrogen-bond acceptors (Lipinski definition) is 0. The molecule has 0 aliphatic rings. The van der Waals surface area contributed by atoms with Gasteiger partial charge in [-0.1, -0.05) is 157 Å². The molecule has 11 aromatic rings. The third-order valence-electron chi connectivity index (χ3n) is 8.61. The van der Waals surface area contributed by atoms with Crippen molar-refractivity contribution < 1.29 is 49.3 Å². The van der Waals surface area contributed by atoms with Crippen LogP contribution in [0.25, 0.3) is 99.5 Å². The lowest BCUT2D eigenvalue weighted by Gasteiger charge is -2.11. The summed E-state index contributed by atoms with van der Waals surface area (Å²) in [5.74, 6) is 0. The van der Waals surface area contributed by atoms with Crippen molar-refractivity contribution in [1.29, 1.82) is 0 Å². The molecular weight excluding hydrogens is 677 g/mol. The van der Waals surface area contributed by atoms with Crippen LogP contribution in [0.5, 0.6) is 0 Å². The third-order valence-corrected chi connectivity index (χ3v) is 8.61. The second-order valence-electron chi connectivity index (χ2n) is 11.8. The molecule has 0 bridgehead atoms. The zero-order valence-corrected chi connectivity index (χ0v) is 27.9. The topological polar surface area (TPSA) is 9.86 Å². The fraction of sp³-hybridized carbons (Fsp3) is 0. The van der Waals surface area contributed by atoms with Gasteiger partial charge in [0.05, 0.1) is 71.4 Å². The number of nitrogens with zero attached hydrogens (tertiary/aromatic N) is 2. The van der Waals surface area contributed by atoms with E-state index in [0.717, 1.165) is 0 Å². The van der Waals surface area contributed by atoms with Crippen LogP contribution in [0, 0.1) is 0 Å². The molecule has 2 heterocycles. The number of hydrogen-bond donors (Lipinski definition) is 0. The van der Waals surface area contributed by atoms with Gasteiger partial charge >= 0.3 is 0 Å². The first-order valence-corrected chi connectivity index (χ1v) is 16.3. The summed E-state index contributed by atoms with van der Waals surface area (Å²) in [4.78, 5) is 0. The van der Waals surface area contributed by atoms with Crippen LogP contribution in [0.2, 0.25) is 0 Å². The minimum Gasteiger partial charge on any atom is -0.309 e. The molecule has 0 aliphatic heterocycles. The van der Waals surface area contributed by atoms with E-state index < -0.39 is 317 Å². The smallest absolute Gasteiger partial charge is 0.0645 e. The van der Waals surface area contributed by atoms with Crippen LogP contribution in [-0.4, -0.2) is 9.13 Å². The van der Waals surface area contributed by atoms with Crippen molar-refractivity contribution in [2.75, 3.05) is 0 Å². The Labute approximate surface area is 376 Å². The highest BCUT2D eigenvalue weighted by molar-refractivity contribution is 6.12. The fourth-order valence-corrected chi connectivity index (χ4v) is 6.12. The van der Waals surface area contributed by atoms with Gasteiger partial charge in [-0.25, -0.2) is 0 Å². The van der Waals surface area contributed by atoms with E-state index in [9.17, 15) is 20.6 Å². The molecule has 0 amide bonds. The number of rotatable bonds is 6. The Balaban J connectivity index is 1.23. The largest absolute Gasteiger partial charge is 0.309 e. The number of fused-ring (bicyclic) bond motifs is 6. The zero-order valence-electron chi connectivity index (χ0n) is 63.9. The molecule has 2 heteroatoms. The van der Waals surface area contributed by atoms with Crippen molar-refractivity contribution in [1.82, 2.24) is 9.13 Å². The fourth-order valence-electron chi connectivity index (χ4n) is 6.12. The van der Waals surface area contributed by atoms with Gasteiger partial charge in [0, 0.05) is 32.9 Å². The number of para-hydroxylation sites is 2. The van der Waals surface area contributed by atoms with Crippen LogP contribution in [0.1, 0.15) is 49.3 Å². The number of aromatic nitrogens is 2. The Morgan fingerprint density at radius 3 is 0.911 bits per heavy atom. The summed E-state index contributed by atoms with van der Waals surface area (Å²) in [6, 6.07) is -36.3. The first-order valence-electron chi connectivity index (χ1n) is 34.3. The molecule has 11 rings (SSSR count). The summed E-state index contributed by atoms with van der Waals surface area (Å²) in [7, 11) is 0. The first-order chi connectivity index (χ1) is 42.8. The summed E-state index contributed by atoms with van der Waals surface area (Å²) < 4.78 is 325. The average molecular weight is 749 g/mol. The highest BCUT2D eigenvalue weighted by Gasteiger charge is 2.16. The van der Waals surface area contributed by atoms with Gasteiger partial charge < -0.3 is 9.13 Å². The second-order valence-corrected chi connectivity index (χ2v) is 11.8. The molecule has 0 radical (unpaired) electrons. The lowest BCUT2D eigenvalue weighted by molar-refractivity contribution is 1.18. The number of benzene rings is 9. The Morgan fingerprint density at radius 1 is 0.232 bits per heavy atom. The van der Waals surface area contributed by atoms with Gasteiger partial charge in [0.25, 0.3) is 0 Å². The summed E-state index contributed by atoms with van der Waals surface area (Å²) in [5.41, 5.74) is -11.6. The lowest BCUT2D eigenvalue weighted by atomic mass is 10.00. The van der Waals surface area contributed by atoms with E-state index >= 15 is 0 Å². The van der Waals surface area contributed by atoms with Crippen molar-refractivity contribution in [2.24, 2.45) is 0 Å². The first kappa shape index (κ1) is 12.3. The summed E-state index contributed by atoms with van der Waals surface area (Å²) in [6.45, 7) is 0. The van der Waals surface area contributed by atoms with Crippen molar-refractivity contribution in [3.8, 4) is 55.9 Å². The molecular formula is C54H36N2. The van der Waals surface area contributed by atoms with Crippen LogP contribution in [0.15, 0.2) is 218 Å². The molecule has 262 valence electrons. The van der Waals surface area contributed by atoms with E-state index in [4.69, 9.17) is 28.8 Å². The van der Waals surface area contributed by atoms with Crippen LogP contribution in [0.4, 0.5) is 0 Å². The maximum atomic E-state index is 9.93. The van der Waals surface area contributed by atoms with Gasteiger partial charge in [-0.15, -0.1) is 0 Å². The van der Waals surface area contributed by atoms with Crippen molar-refractivity contribution in [2.45, 2.75) is 0 Å². The average Bonchev–Trinajstić information content (AvgIpc) is 1.51.